The summed E-state index contributed by atoms with van der Waals surface area (Å²) >= 11 is 1.72. The number of nitrogens with zero attached hydrogens (tertiary/aromatic N) is 1. The molecule has 16 heavy (non-hydrogen) atoms. The average molecular weight is 229 g/mol. The van der Waals surface area contributed by atoms with Gasteiger partial charge in [0.25, 0.3) is 0 Å². The van der Waals surface area contributed by atoms with Crippen molar-refractivity contribution in [3.63, 3.8) is 0 Å². The van der Waals surface area contributed by atoms with Crippen LogP contribution in [0.1, 0.15) is 18.1 Å². The zero-order valence-corrected chi connectivity index (χ0v) is 9.54. The third-order valence-corrected chi connectivity index (χ3v) is 4.06. The van der Waals surface area contributed by atoms with Gasteiger partial charge < -0.3 is 4.74 Å². The minimum atomic E-state index is -0.0267. The highest BCUT2D eigenvalue weighted by atomic mass is 32.1. The van der Waals surface area contributed by atoms with E-state index < -0.39 is 0 Å². The van der Waals surface area contributed by atoms with Crippen molar-refractivity contribution in [1.29, 1.82) is 5.26 Å². The largest absolute Gasteiger partial charge is 0.372 e. The molecule has 2 heterocycles. The van der Waals surface area contributed by atoms with Crippen LogP contribution in [0.3, 0.4) is 0 Å². The minimum absolute atomic E-state index is 0.0120. The molecule has 0 spiro atoms. The Kier molecular flexibility index (Phi) is 2.39. The third kappa shape index (κ3) is 1.42. The normalized spacial score (nSPS) is 24.7. The molecule has 2 aromatic rings. The SMILES string of the molecule is N#CC1CCOC1c1csc2ccccc12. The van der Waals surface area contributed by atoms with Crippen molar-refractivity contribution < 1.29 is 4.74 Å². The van der Waals surface area contributed by atoms with Crippen molar-refractivity contribution in [3.8, 4) is 6.07 Å². The van der Waals surface area contributed by atoms with Gasteiger partial charge in [-0.25, -0.2) is 0 Å². The van der Waals surface area contributed by atoms with Gasteiger partial charge in [0.05, 0.1) is 18.1 Å². The molecule has 0 amide bonds. The summed E-state index contributed by atoms with van der Waals surface area (Å²) in [6, 6.07) is 10.6. The van der Waals surface area contributed by atoms with E-state index in [-0.39, 0.29) is 12.0 Å². The molecule has 2 nitrogen and oxygen atoms in total. The molecule has 0 saturated carbocycles. The van der Waals surface area contributed by atoms with E-state index in [2.05, 4.69) is 23.6 Å². The van der Waals surface area contributed by atoms with Crippen molar-refractivity contribution in [2.45, 2.75) is 12.5 Å². The lowest BCUT2D eigenvalue weighted by atomic mass is 9.96. The van der Waals surface area contributed by atoms with E-state index in [0.717, 1.165) is 6.42 Å². The lowest BCUT2D eigenvalue weighted by Crippen LogP contribution is -2.04. The van der Waals surface area contributed by atoms with E-state index in [4.69, 9.17) is 10.00 Å². The summed E-state index contributed by atoms with van der Waals surface area (Å²) < 4.78 is 6.96. The van der Waals surface area contributed by atoms with Gasteiger partial charge in [0.2, 0.25) is 0 Å². The van der Waals surface area contributed by atoms with Gasteiger partial charge in [-0.15, -0.1) is 11.3 Å². The lowest BCUT2D eigenvalue weighted by molar-refractivity contribution is 0.102. The van der Waals surface area contributed by atoms with Gasteiger partial charge in [-0.1, -0.05) is 18.2 Å². The highest BCUT2D eigenvalue weighted by Crippen LogP contribution is 2.39. The predicted octanol–water partition coefficient (Wildman–Crippen LogP) is 3.50. The number of benzene rings is 1. The Hall–Kier alpha value is -1.37. The van der Waals surface area contributed by atoms with Crippen LogP contribution in [0.5, 0.6) is 0 Å². The predicted molar refractivity (Wildman–Crippen MR) is 64.2 cm³/mol. The van der Waals surface area contributed by atoms with Crippen molar-refractivity contribution in [2.24, 2.45) is 5.92 Å². The molecule has 2 atom stereocenters. The standard InChI is InChI=1S/C13H11NOS/c14-7-9-5-6-15-13(9)11-8-16-12-4-2-1-3-10(11)12/h1-4,8-9,13H,5-6H2. The van der Waals surface area contributed by atoms with Gasteiger partial charge in [-0.3, -0.25) is 0 Å². The average Bonchev–Trinajstić information content (AvgIpc) is 2.94. The molecule has 1 fully saturated rings. The molecule has 3 rings (SSSR count). The van der Waals surface area contributed by atoms with Gasteiger partial charge in [0, 0.05) is 16.9 Å². The number of hydrogen-bond donors (Lipinski definition) is 0. The Morgan fingerprint density at radius 3 is 3.12 bits per heavy atom. The summed E-state index contributed by atoms with van der Waals surface area (Å²) in [5.41, 5.74) is 1.18. The molecule has 2 unspecified atom stereocenters. The van der Waals surface area contributed by atoms with Crippen LogP contribution < -0.4 is 0 Å². The monoisotopic (exact) mass is 229 g/mol. The molecule has 1 saturated heterocycles. The van der Waals surface area contributed by atoms with Crippen molar-refractivity contribution in [3.05, 3.63) is 35.2 Å². The third-order valence-electron chi connectivity index (χ3n) is 3.07. The number of nitriles is 1. The molecule has 0 bridgehead atoms. The van der Waals surface area contributed by atoms with Gasteiger partial charge in [0.1, 0.15) is 0 Å². The molecule has 1 aromatic carbocycles. The Morgan fingerprint density at radius 2 is 2.25 bits per heavy atom. The summed E-state index contributed by atoms with van der Waals surface area (Å²) in [5.74, 6) is 0.0120. The van der Waals surface area contributed by atoms with Crippen LogP contribution >= 0.6 is 11.3 Å². The van der Waals surface area contributed by atoms with E-state index in [1.165, 1.54) is 15.6 Å². The van der Waals surface area contributed by atoms with Crippen LogP contribution in [0.2, 0.25) is 0 Å². The topological polar surface area (TPSA) is 33.0 Å². The van der Waals surface area contributed by atoms with Crippen LogP contribution in [0, 0.1) is 17.2 Å². The molecule has 1 aliphatic rings. The Balaban J connectivity index is 2.09. The number of rotatable bonds is 1. The quantitative estimate of drug-likeness (QED) is 0.749. The summed E-state index contributed by atoms with van der Waals surface area (Å²) in [6.07, 6.45) is 0.826. The minimum Gasteiger partial charge on any atom is -0.372 e. The van der Waals surface area contributed by atoms with Gasteiger partial charge >= 0.3 is 0 Å². The van der Waals surface area contributed by atoms with Crippen molar-refractivity contribution >= 4 is 21.4 Å². The summed E-state index contributed by atoms with van der Waals surface area (Å²) in [7, 11) is 0. The number of hydrogen-bond acceptors (Lipinski definition) is 3. The molecular weight excluding hydrogens is 218 g/mol. The van der Waals surface area contributed by atoms with Crippen molar-refractivity contribution in [1.82, 2.24) is 0 Å². The molecule has 1 aromatic heterocycles. The first-order chi connectivity index (χ1) is 7.90. The maximum absolute atomic E-state index is 9.08. The van der Waals surface area contributed by atoms with Crippen LogP contribution in [0.4, 0.5) is 0 Å². The van der Waals surface area contributed by atoms with E-state index in [9.17, 15) is 0 Å². The Labute approximate surface area is 98.1 Å². The fourth-order valence-electron chi connectivity index (χ4n) is 2.25. The van der Waals surface area contributed by atoms with Crippen molar-refractivity contribution in [2.75, 3.05) is 6.61 Å². The molecule has 0 aliphatic carbocycles. The molecule has 0 radical (unpaired) electrons. The van der Waals surface area contributed by atoms with E-state index in [0.29, 0.717) is 6.61 Å². The van der Waals surface area contributed by atoms with Gasteiger partial charge in [-0.2, -0.15) is 5.26 Å². The van der Waals surface area contributed by atoms with E-state index in [1.54, 1.807) is 11.3 Å². The van der Waals surface area contributed by atoms with Gasteiger partial charge in [0.15, 0.2) is 0 Å². The summed E-state index contributed by atoms with van der Waals surface area (Å²) in [5, 5.41) is 12.4. The van der Waals surface area contributed by atoms with Crippen LogP contribution in [0.15, 0.2) is 29.6 Å². The first kappa shape index (κ1) is 9.83. The van der Waals surface area contributed by atoms with Crippen LogP contribution in [-0.2, 0) is 4.74 Å². The molecular formula is C13H11NOS. The molecule has 80 valence electrons. The molecule has 1 aliphatic heterocycles. The second-order valence-corrected chi connectivity index (χ2v) is 4.91. The first-order valence-corrected chi connectivity index (χ1v) is 6.25. The fourth-order valence-corrected chi connectivity index (χ4v) is 3.23. The van der Waals surface area contributed by atoms with Gasteiger partial charge in [-0.05, 0) is 23.3 Å². The smallest absolute Gasteiger partial charge is 0.0997 e. The summed E-state index contributed by atoms with van der Waals surface area (Å²) in [4.78, 5) is 0. The highest BCUT2D eigenvalue weighted by molar-refractivity contribution is 7.17. The van der Waals surface area contributed by atoms with E-state index >= 15 is 0 Å². The second kappa shape index (κ2) is 3.89. The second-order valence-electron chi connectivity index (χ2n) is 4.00. The molecule has 0 N–H and O–H groups in total. The summed E-state index contributed by atoms with van der Waals surface area (Å²) in [6.45, 7) is 0.701. The van der Waals surface area contributed by atoms with Crippen LogP contribution in [-0.4, -0.2) is 6.61 Å². The fraction of sp³-hybridized carbons (Fsp3) is 0.308. The number of thiophene rings is 1. The first-order valence-electron chi connectivity index (χ1n) is 5.37. The maximum atomic E-state index is 9.08. The highest BCUT2D eigenvalue weighted by Gasteiger charge is 2.31. The van der Waals surface area contributed by atoms with E-state index in [1.807, 2.05) is 12.1 Å². The molecule has 3 heteroatoms. The number of fused-ring (bicyclic) bond motifs is 1. The van der Waals surface area contributed by atoms with Crippen LogP contribution in [0.25, 0.3) is 10.1 Å². The lowest BCUT2D eigenvalue weighted by Gasteiger charge is -2.11. The maximum Gasteiger partial charge on any atom is 0.0997 e. The number of ether oxygens (including phenoxy) is 1. The zero-order valence-electron chi connectivity index (χ0n) is 8.72. The Bertz CT molecular complexity index is 554. The Morgan fingerprint density at radius 1 is 1.38 bits per heavy atom. The zero-order chi connectivity index (χ0) is 11.0.